The number of halogens is 1. The van der Waals surface area contributed by atoms with Gasteiger partial charge in [0, 0.05) is 23.0 Å². The molecule has 0 aliphatic rings. The summed E-state index contributed by atoms with van der Waals surface area (Å²) in [5, 5.41) is 3.54. The summed E-state index contributed by atoms with van der Waals surface area (Å²) < 4.78 is 5.06. The van der Waals surface area contributed by atoms with Gasteiger partial charge in [-0.25, -0.2) is 0 Å². The maximum Gasteiger partial charge on any atom is 0.310 e. The second-order valence-electron chi connectivity index (χ2n) is 6.01. The van der Waals surface area contributed by atoms with Gasteiger partial charge in [-0.05, 0) is 50.3 Å². The second-order valence-corrected chi connectivity index (χ2v) is 7.50. The predicted molar refractivity (Wildman–Crippen MR) is 106 cm³/mol. The Kier molecular flexibility index (Phi) is 7.63. The Bertz CT molecular complexity index is 757. The Morgan fingerprint density at radius 1 is 1.23 bits per heavy atom. The molecule has 2 aromatic rings. The summed E-state index contributed by atoms with van der Waals surface area (Å²) in [5.74, 6) is -0.442. The molecule has 0 bridgehead atoms. The third-order valence-corrected chi connectivity index (χ3v) is 5.10. The maximum absolute atomic E-state index is 12.4. The van der Waals surface area contributed by atoms with E-state index < -0.39 is 0 Å². The number of carbonyl (C=O) groups is 2. The van der Waals surface area contributed by atoms with E-state index >= 15 is 0 Å². The molecule has 0 aliphatic carbocycles. The summed E-state index contributed by atoms with van der Waals surface area (Å²) in [6, 6.07) is 9.13. The number of esters is 1. The molecule has 0 atom stereocenters. The molecular formula is C19H23ClN2O3S. The van der Waals surface area contributed by atoms with Gasteiger partial charge in [0.2, 0.25) is 0 Å². The van der Waals surface area contributed by atoms with E-state index in [1.54, 1.807) is 25.1 Å². The Morgan fingerprint density at radius 3 is 2.54 bits per heavy atom. The van der Waals surface area contributed by atoms with Crippen LogP contribution in [0.2, 0.25) is 5.02 Å². The van der Waals surface area contributed by atoms with E-state index in [4.69, 9.17) is 16.3 Å². The first-order valence-corrected chi connectivity index (χ1v) is 9.57. The molecule has 0 spiro atoms. The first-order chi connectivity index (χ1) is 12.4. The highest BCUT2D eigenvalue weighted by Crippen LogP contribution is 2.34. The van der Waals surface area contributed by atoms with Gasteiger partial charge >= 0.3 is 5.97 Å². The molecule has 140 valence electrons. The van der Waals surface area contributed by atoms with Crippen LogP contribution in [0.15, 0.2) is 30.3 Å². The van der Waals surface area contributed by atoms with Crippen molar-refractivity contribution in [3.63, 3.8) is 0 Å². The van der Waals surface area contributed by atoms with Crippen LogP contribution in [0.3, 0.4) is 0 Å². The van der Waals surface area contributed by atoms with Crippen LogP contribution < -0.4 is 5.32 Å². The van der Waals surface area contributed by atoms with Gasteiger partial charge in [0.15, 0.2) is 0 Å². The Hall–Kier alpha value is -1.89. The van der Waals surface area contributed by atoms with Crippen LogP contribution in [0.5, 0.6) is 0 Å². The highest BCUT2D eigenvalue weighted by atomic mass is 35.5. The lowest BCUT2D eigenvalue weighted by atomic mass is 10.1. The fraction of sp³-hybridized carbons (Fsp3) is 0.368. The number of amides is 1. The van der Waals surface area contributed by atoms with Crippen LogP contribution >= 0.6 is 22.9 Å². The second kappa shape index (κ2) is 9.71. The van der Waals surface area contributed by atoms with E-state index in [-0.39, 0.29) is 18.3 Å². The number of hydrogen-bond donors (Lipinski definition) is 1. The van der Waals surface area contributed by atoms with Crippen molar-refractivity contribution < 1.29 is 14.3 Å². The van der Waals surface area contributed by atoms with Gasteiger partial charge in [0.05, 0.1) is 17.9 Å². The molecule has 5 nitrogen and oxygen atoms in total. The van der Waals surface area contributed by atoms with Gasteiger partial charge in [-0.2, -0.15) is 0 Å². The molecule has 1 heterocycles. The lowest BCUT2D eigenvalue weighted by Gasteiger charge is -2.09. The summed E-state index contributed by atoms with van der Waals surface area (Å²) in [4.78, 5) is 27.8. The molecule has 1 amide bonds. The molecule has 1 N–H and O–H groups in total. The number of hydrogen-bond acceptors (Lipinski definition) is 5. The fourth-order valence-electron chi connectivity index (χ4n) is 2.37. The Labute approximate surface area is 162 Å². The highest BCUT2D eigenvalue weighted by Gasteiger charge is 2.18. The van der Waals surface area contributed by atoms with Gasteiger partial charge in [-0.15, -0.1) is 11.3 Å². The Morgan fingerprint density at radius 2 is 1.92 bits per heavy atom. The molecule has 1 aromatic heterocycles. The standard InChI is InChI=1S/C19H23ClN2O3S/c1-4-25-17(23)12-14-11-16(19(24)21-9-10-22(2)3)26-18(14)13-5-7-15(20)8-6-13/h5-8,11H,4,9-10,12H2,1-3H3,(H,21,24). The third-order valence-electron chi connectivity index (χ3n) is 3.62. The zero-order valence-electron chi connectivity index (χ0n) is 15.2. The first-order valence-electron chi connectivity index (χ1n) is 8.38. The molecule has 0 radical (unpaired) electrons. The summed E-state index contributed by atoms with van der Waals surface area (Å²) in [5.41, 5.74) is 1.71. The largest absolute Gasteiger partial charge is 0.466 e. The van der Waals surface area contributed by atoms with Crippen molar-refractivity contribution in [2.24, 2.45) is 0 Å². The van der Waals surface area contributed by atoms with Crippen molar-refractivity contribution in [1.29, 1.82) is 0 Å². The van der Waals surface area contributed by atoms with E-state index in [1.807, 2.05) is 31.1 Å². The van der Waals surface area contributed by atoms with Gasteiger partial charge in [0.25, 0.3) is 5.91 Å². The SMILES string of the molecule is CCOC(=O)Cc1cc(C(=O)NCCN(C)C)sc1-c1ccc(Cl)cc1. The average Bonchev–Trinajstić information content (AvgIpc) is 2.99. The van der Waals surface area contributed by atoms with Crippen LogP contribution in [0.4, 0.5) is 0 Å². The molecule has 2 rings (SSSR count). The van der Waals surface area contributed by atoms with Gasteiger partial charge in [0.1, 0.15) is 0 Å². The summed E-state index contributed by atoms with van der Waals surface area (Å²) in [6.45, 7) is 3.43. The van der Waals surface area contributed by atoms with E-state index in [2.05, 4.69) is 5.32 Å². The molecule has 0 saturated carbocycles. The number of nitrogens with zero attached hydrogens (tertiary/aromatic N) is 1. The van der Waals surface area contributed by atoms with Crippen LogP contribution in [0.1, 0.15) is 22.2 Å². The topological polar surface area (TPSA) is 58.6 Å². The molecule has 26 heavy (non-hydrogen) atoms. The average molecular weight is 395 g/mol. The van der Waals surface area contributed by atoms with Crippen molar-refractivity contribution in [2.45, 2.75) is 13.3 Å². The summed E-state index contributed by atoms with van der Waals surface area (Å²) >= 11 is 7.33. The van der Waals surface area contributed by atoms with Crippen molar-refractivity contribution in [3.05, 3.63) is 45.8 Å². The van der Waals surface area contributed by atoms with Crippen molar-refractivity contribution >= 4 is 34.8 Å². The number of likely N-dealkylation sites (N-methyl/N-ethyl adjacent to an activating group) is 1. The van der Waals surface area contributed by atoms with Gasteiger partial charge < -0.3 is 15.0 Å². The van der Waals surface area contributed by atoms with E-state index in [0.29, 0.717) is 23.1 Å². The zero-order valence-corrected chi connectivity index (χ0v) is 16.7. The molecule has 0 unspecified atom stereocenters. The van der Waals surface area contributed by atoms with E-state index in [9.17, 15) is 9.59 Å². The lowest BCUT2D eigenvalue weighted by Crippen LogP contribution is -2.30. The van der Waals surface area contributed by atoms with Crippen molar-refractivity contribution in [1.82, 2.24) is 10.2 Å². The zero-order chi connectivity index (χ0) is 19.1. The normalized spacial score (nSPS) is 10.8. The predicted octanol–water partition coefficient (Wildman–Crippen LogP) is 3.47. The quantitative estimate of drug-likeness (QED) is 0.696. The van der Waals surface area contributed by atoms with Crippen molar-refractivity contribution in [3.8, 4) is 10.4 Å². The van der Waals surface area contributed by atoms with Gasteiger partial charge in [-0.3, -0.25) is 9.59 Å². The van der Waals surface area contributed by atoms with Crippen molar-refractivity contribution in [2.75, 3.05) is 33.8 Å². The number of ether oxygens (including phenoxy) is 1. The molecule has 0 saturated heterocycles. The number of carbonyl (C=O) groups excluding carboxylic acids is 2. The number of thiophene rings is 1. The fourth-order valence-corrected chi connectivity index (χ4v) is 3.59. The number of benzene rings is 1. The minimum absolute atomic E-state index is 0.132. The number of nitrogens with one attached hydrogen (secondary N) is 1. The molecule has 7 heteroatoms. The van der Waals surface area contributed by atoms with E-state index in [1.165, 1.54) is 11.3 Å². The minimum Gasteiger partial charge on any atom is -0.466 e. The molecule has 0 aliphatic heterocycles. The maximum atomic E-state index is 12.4. The summed E-state index contributed by atoms with van der Waals surface area (Å²) in [7, 11) is 3.90. The third kappa shape index (κ3) is 5.83. The Balaban J connectivity index is 2.26. The first kappa shape index (κ1) is 20.4. The van der Waals surface area contributed by atoms with Gasteiger partial charge in [-0.1, -0.05) is 23.7 Å². The molecule has 0 fully saturated rings. The van der Waals surface area contributed by atoms with Crippen LogP contribution in [0, 0.1) is 0 Å². The van der Waals surface area contributed by atoms with Crippen LogP contribution in [0.25, 0.3) is 10.4 Å². The monoisotopic (exact) mass is 394 g/mol. The summed E-state index contributed by atoms with van der Waals surface area (Å²) in [6.07, 6.45) is 0.132. The highest BCUT2D eigenvalue weighted by molar-refractivity contribution is 7.17. The molecule has 1 aromatic carbocycles. The number of rotatable bonds is 8. The van der Waals surface area contributed by atoms with Crippen LogP contribution in [-0.2, 0) is 16.0 Å². The smallest absolute Gasteiger partial charge is 0.310 e. The van der Waals surface area contributed by atoms with E-state index in [0.717, 1.165) is 22.5 Å². The molecular weight excluding hydrogens is 372 g/mol. The van der Waals surface area contributed by atoms with Crippen LogP contribution in [-0.4, -0.2) is 50.6 Å². The minimum atomic E-state index is -0.305. The lowest BCUT2D eigenvalue weighted by molar-refractivity contribution is -0.142.